The van der Waals surface area contributed by atoms with E-state index < -0.39 is 11.4 Å². The molecule has 0 saturated carbocycles. The van der Waals surface area contributed by atoms with Gasteiger partial charge in [0, 0.05) is 45.5 Å². The van der Waals surface area contributed by atoms with Crippen LogP contribution >= 0.6 is 0 Å². The number of ether oxygens (including phenoxy) is 3. The van der Waals surface area contributed by atoms with Gasteiger partial charge in [0.25, 0.3) is 5.91 Å². The molecule has 1 fully saturated rings. The molecule has 7 nitrogen and oxygen atoms in total. The van der Waals surface area contributed by atoms with Gasteiger partial charge in [-0.25, -0.2) is 0 Å². The number of hydrogen-bond donors (Lipinski definition) is 2. The summed E-state index contributed by atoms with van der Waals surface area (Å²) in [7, 11) is 1.63. The van der Waals surface area contributed by atoms with Gasteiger partial charge in [0.15, 0.2) is 0 Å². The second-order valence-electron chi connectivity index (χ2n) is 6.10. The zero-order valence-electron chi connectivity index (χ0n) is 14.5. The first-order chi connectivity index (χ1) is 12.1. The smallest absolute Gasteiger partial charge is 0.311 e. The van der Waals surface area contributed by atoms with Crippen LogP contribution in [-0.2, 0) is 14.3 Å². The topological polar surface area (TPSA) is 94.1 Å². The standard InChI is InChI=1S/C18H25NO6/c1-23-8-3-9-25-15-5-2-4-14(12-15)16(20)19-13-18(17(21)22)6-10-24-11-7-18/h2,4-5,12H,3,6-11,13H2,1H3,(H,19,20)(H,21,22). The lowest BCUT2D eigenvalue weighted by Gasteiger charge is -2.33. The normalized spacial score (nSPS) is 16.2. The van der Waals surface area contributed by atoms with E-state index in [4.69, 9.17) is 14.2 Å². The summed E-state index contributed by atoms with van der Waals surface area (Å²) in [6.45, 7) is 1.99. The number of carbonyl (C=O) groups is 2. The lowest BCUT2D eigenvalue weighted by atomic mass is 9.80. The Kier molecular flexibility index (Phi) is 7.21. The predicted octanol–water partition coefficient (Wildman–Crippen LogP) is 1.71. The van der Waals surface area contributed by atoms with Crippen molar-refractivity contribution < 1.29 is 28.9 Å². The Morgan fingerprint density at radius 1 is 1.28 bits per heavy atom. The summed E-state index contributed by atoms with van der Waals surface area (Å²) in [5, 5.41) is 12.3. The number of benzene rings is 1. The van der Waals surface area contributed by atoms with E-state index in [9.17, 15) is 14.7 Å². The molecule has 25 heavy (non-hydrogen) atoms. The Balaban J connectivity index is 1.92. The molecule has 0 spiro atoms. The zero-order chi connectivity index (χ0) is 18.1. The number of carboxylic acid groups (broad SMARTS) is 1. The minimum Gasteiger partial charge on any atom is -0.493 e. The maximum Gasteiger partial charge on any atom is 0.311 e. The van der Waals surface area contributed by atoms with Gasteiger partial charge in [0.1, 0.15) is 5.75 Å². The van der Waals surface area contributed by atoms with Crippen LogP contribution in [0.25, 0.3) is 0 Å². The number of amides is 1. The summed E-state index contributed by atoms with van der Waals surface area (Å²) in [5.74, 6) is -0.608. The fourth-order valence-electron chi connectivity index (χ4n) is 2.70. The predicted molar refractivity (Wildman–Crippen MR) is 90.9 cm³/mol. The molecule has 0 bridgehead atoms. The van der Waals surface area contributed by atoms with Crippen LogP contribution in [0.3, 0.4) is 0 Å². The van der Waals surface area contributed by atoms with Crippen molar-refractivity contribution >= 4 is 11.9 Å². The minimum atomic E-state index is -0.956. The SMILES string of the molecule is COCCCOc1cccc(C(=O)NCC2(C(=O)O)CCOCC2)c1. The first-order valence-corrected chi connectivity index (χ1v) is 8.38. The molecule has 0 aromatic heterocycles. The first-order valence-electron chi connectivity index (χ1n) is 8.38. The van der Waals surface area contributed by atoms with Crippen molar-refractivity contribution in [1.29, 1.82) is 0 Å². The lowest BCUT2D eigenvalue weighted by molar-refractivity contribution is -0.154. The first kappa shape index (κ1) is 19.2. The Hall–Kier alpha value is -2.12. The number of nitrogens with one attached hydrogen (secondary N) is 1. The van der Waals surface area contributed by atoms with Crippen LogP contribution in [0.1, 0.15) is 29.6 Å². The highest BCUT2D eigenvalue weighted by Crippen LogP contribution is 2.30. The van der Waals surface area contributed by atoms with Crippen LogP contribution in [0.4, 0.5) is 0 Å². The summed E-state index contributed by atoms with van der Waals surface area (Å²) < 4.78 is 15.8. The molecule has 138 valence electrons. The summed E-state index contributed by atoms with van der Waals surface area (Å²) in [6, 6.07) is 6.84. The largest absolute Gasteiger partial charge is 0.493 e. The maximum absolute atomic E-state index is 12.4. The van der Waals surface area contributed by atoms with Crippen LogP contribution in [0.15, 0.2) is 24.3 Å². The van der Waals surface area contributed by atoms with E-state index in [1.807, 2.05) is 0 Å². The zero-order valence-corrected chi connectivity index (χ0v) is 14.5. The molecule has 2 rings (SSSR count). The second kappa shape index (κ2) is 9.39. The van der Waals surface area contributed by atoms with Gasteiger partial charge in [-0.2, -0.15) is 0 Å². The summed E-state index contributed by atoms with van der Waals surface area (Å²) in [5.41, 5.74) is -0.515. The quantitative estimate of drug-likeness (QED) is 0.658. The van der Waals surface area contributed by atoms with Crippen LogP contribution < -0.4 is 10.1 Å². The molecule has 1 saturated heterocycles. The van der Waals surface area contributed by atoms with E-state index in [0.717, 1.165) is 6.42 Å². The molecule has 1 amide bonds. The molecular weight excluding hydrogens is 326 g/mol. The van der Waals surface area contributed by atoms with Gasteiger partial charge in [-0.1, -0.05) is 6.07 Å². The van der Waals surface area contributed by atoms with Crippen molar-refractivity contribution in [3.63, 3.8) is 0 Å². The van der Waals surface area contributed by atoms with Crippen molar-refractivity contribution in [2.24, 2.45) is 5.41 Å². The average Bonchev–Trinajstić information content (AvgIpc) is 2.64. The van der Waals surface area contributed by atoms with Crippen molar-refractivity contribution in [1.82, 2.24) is 5.32 Å². The molecule has 0 unspecified atom stereocenters. The monoisotopic (exact) mass is 351 g/mol. The van der Waals surface area contributed by atoms with Crippen LogP contribution in [0.5, 0.6) is 5.75 Å². The van der Waals surface area contributed by atoms with Crippen molar-refractivity contribution in [3.8, 4) is 5.75 Å². The highest BCUT2D eigenvalue weighted by Gasteiger charge is 2.40. The third kappa shape index (κ3) is 5.44. The summed E-state index contributed by atoms with van der Waals surface area (Å²) >= 11 is 0. The highest BCUT2D eigenvalue weighted by molar-refractivity contribution is 5.94. The van der Waals surface area contributed by atoms with Gasteiger partial charge in [-0.3, -0.25) is 9.59 Å². The Bertz CT molecular complexity index is 583. The second-order valence-corrected chi connectivity index (χ2v) is 6.10. The van der Waals surface area contributed by atoms with Gasteiger partial charge in [-0.15, -0.1) is 0 Å². The van der Waals surface area contributed by atoms with E-state index in [1.165, 1.54) is 0 Å². The number of hydrogen-bond acceptors (Lipinski definition) is 5. The number of methoxy groups -OCH3 is 1. The Labute approximate surface area is 147 Å². The number of carbonyl (C=O) groups excluding carboxylic acids is 1. The maximum atomic E-state index is 12.4. The van der Waals surface area contributed by atoms with E-state index in [2.05, 4.69) is 5.32 Å². The molecule has 1 aliphatic rings. The van der Waals surface area contributed by atoms with Crippen LogP contribution in [-0.4, -0.2) is 57.1 Å². The van der Waals surface area contributed by atoms with Gasteiger partial charge in [0.2, 0.25) is 0 Å². The fraction of sp³-hybridized carbons (Fsp3) is 0.556. The molecule has 7 heteroatoms. The van der Waals surface area contributed by atoms with Crippen LogP contribution in [0, 0.1) is 5.41 Å². The minimum absolute atomic E-state index is 0.0868. The molecule has 1 aromatic rings. The van der Waals surface area contributed by atoms with Gasteiger partial charge < -0.3 is 24.6 Å². The van der Waals surface area contributed by atoms with Crippen LogP contribution in [0.2, 0.25) is 0 Å². The number of carboxylic acids is 1. The molecular formula is C18H25NO6. The third-order valence-electron chi connectivity index (χ3n) is 4.35. The van der Waals surface area contributed by atoms with Gasteiger partial charge in [0.05, 0.1) is 12.0 Å². The van der Waals surface area contributed by atoms with Crippen molar-refractivity contribution in [2.75, 3.05) is 40.1 Å². The van der Waals surface area contributed by atoms with Crippen molar-refractivity contribution in [2.45, 2.75) is 19.3 Å². The molecule has 0 atom stereocenters. The van der Waals surface area contributed by atoms with E-state index in [1.54, 1.807) is 31.4 Å². The molecule has 0 aliphatic carbocycles. The fourth-order valence-corrected chi connectivity index (χ4v) is 2.70. The summed E-state index contributed by atoms with van der Waals surface area (Å²) in [6.07, 6.45) is 1.55. The van der Waals surface area contributed by atoms with E-state index in [0.29, 0.717) is 50.6 Å². The third-order valence-corrected chi connectivity index (χ3v) is 4.35. The van der Waals surface area contributed by atoms with Gasteiger partial charge in [-0.05, 0) is 31.0 Å². The Morgan fingerprint density at radius 3 is 2.72 bits per heavy atom. The molecule has 0 radical (unpaired) electrons. The molecule has 1 heterocycles. The van der Waals surface area contributed by atoms with Crippen molar-refractivity contribution in [3.05, 3.63) is 29.8 Å². The summed E-state index contributed by atoms with van der Waals surface area (Å²) in [4.78, 5) is 24.0. The van der Waals surface area contributed by atoms with Gasteiger partial charge >= 0.3 is 5.97 Å². The Morgan fingerprint density at radius 2 is 2.04 bits per heavy atom. The average molecular weight is 351 g/mol. The van der Waals surface area contributed by atoms with E-state index in [-0.39, 0.29) is 12.5 Å². The lowest BCUT2D eigenvalue weighted by Crippen LogP contribution is -2.46. The molecule has 1 aromatic carbocycles. The number of aliphatic carboxylic acids is 1. The molecule has 1 aliphatic heterocycles. The number of rotatable bonds is 9. The highest BCUT2D eigenvalue weighted by atomic mass is 16.5. The molecule has 2 N–H and O–H groups in total. The van der Waals surface area contributed by atoms with E-state index >= 15 is 0 Å².